The van der Waals surface area contributed by atoms with Gasteiger partial charge in [0.05, 0.1) is 11.4 Å². The molecule has 0 atom stereocenters. The van der Waals surface area contributed by atoms with Crippen molar-refractivity contribution in [1.29, 1.82) is 0 Å². The summed E-state index contributed by atoms with van der Waals surface area (Å²) in [5, 5.41) is 0. The van der Waals surface area contributed by atoms with E-state index in [4.69, 9.17) is 0 Å². The smallest absolute Gasteiger partial charge is 0.125 e. The molecule has 0 saturated heterocycles. The average molecular weight is 293 g/mol. The Morgan fingerprint density at radius 3 is 1.95 bits per heavy atom. The molecule has 21 heavy (non-hydrogen) atoms. The van der Waals surface area contributed by atoms with Gasteiger partial charge in [0.2, 0.25) is 0 Å². The summed E-state index contributed by atoms with van der Waals surface area (Å²) in [5.74, 6) is -0.222. The molecule has 3 aromatic rings. The molecule has 0 radical (unpaired) electrons. The minimum atomic E-state index is -0.222. The van der Waals surface area contributed by atoms with Crippen LogP contribution >= 0.6 is 11.8 Å². The van der Waals surface area contributed by atoms with E-state index in [0.717, 1.165) is 17.1 Å². The molecule has 0 aromatic heterocycles. The third-order valence-electron chi connectivity index (χ3n) is 3.50. The number of hydrogen-bond donors (Lipinski definition) is 0. The number of fused-ring (bicyclic) bond motifs is 2. The second kappa shape index (κ2) is 4.93. The molecular weight excluding hydrogens is 281 g/mol. The molecule has 0 amide bonds. The minimum Gasteiger partial charge on any atom is -0.308 e. The van der Waals surface area contributed by atoms with E-state index >= 15 is 0 Å². The van der Waals surface area contributed by atoms with Crippen LogP contribution < -0.4 is 4.90 Å². The Morgan fingerprint density at radius 2 is 1.33 bits per heavy atom. The summed E-state index contributed by atoms with van der Waals surface area (Å²) in [5.41, 5.74) is 3.02. The van der Waals surface area contributed by atoms with E-state index in [1.165, 1.54) is 15.9 Å². The van der Waals surface area contributed by atoms with Gasteiger partial charge in [-0.05, 0) is 42.5 Å². The Kier molecular flexibility index (Phi) is 2.93. The maximum Gasteiger partial charge on any atom is 0.125 e. The first kappa shape index (κ1) is 12.5. The van der Waals surface area contributed by atoms with Crippen LogP contribution in [0, 0.1) is 5.82 Å². The minimum absolute atomic E-state index is 0.222. The van der Waals surface area contributed by atoms with Crippen molar-refractivity contribution in [3.05, 3.63) is 78.6 Å². The van der Waals surface area contributed by atoms with Gasteiger partial charge in [-0.15, -0.1) is 0 Å². The summed E-state index contributed by atoms with van der Waals surface area (Å²) in [6.07, 6.45) is 0. The number of nitrogens with zero attached hydrogens (tertiary/aromatic N) is 1. The second-order valence-corrected chi connectivity index (χ2v) is 5.94. The number of anilines is 3. The van der Waals surface area contributed by atoms with Gasteiger partial charge in [-0.3, -0.25) is 0 Å². The molecule has 0 saturated carbocycles. The Morgan fingerprint density at radius 1 is 0.714 bits per heavy atom. The van der Waals surface area contributed by atoms with Crippen molar-refractivity contribution < 1.29 is 4.39 Å². The lowest BCUT2D eigenvalue weighted by molar-refractivity contribution is 0.628. The van der Waals surface area contributed by atoms with Crippen molar-refractivity contribution in [3.8, 4) is 0 Å². The van der Waals surface area contributed by atoms with Crippen molar-refractivity contribution >= 4 is 28.8 Å². The number of halogens is 1. The van der Waals surface area contributed by atoms with Crippen molar-refractivity contribution in [2.45, 2.75) is 9.79 Å². The van der Waals surface area contributed by atoms with Gasteiger partial charge in [0.15, 0.2) is 0 Å². The summed E-state index contributed by atoms with van der Waals surface area (Å²) in [6.45, 7) is 0. The highest BCUT2D eigenvalue weighted by atomic mass is 32.2. The van der Waals surface area contributed by atoms with Crippen LogP contribution in [0.3, 0.4) is 0 Å². The third kappa shape index (κ3) is 2.10. The first-order chi connectivity index (χ1) is 10.3. The predicted octanol–water partition coefficient (Wildman–Crippen LogP) is 5.76. The molecule has 0 bridgehead atoms. The fourth-order valence-electron chi connectivity index (χ4n) is 2.60. The van der Waals surface area contributed by atoms with E-state index in [1.807, 2.05) is 30.3 Å². The third-order valence-corrected chi connectivity index (χ3v) is 4.63. The zero-order valence-corrected chi connectivity index (χ0v) is 12.0. The van der Waals surface area contributed by atoms with Crippen molar-refractivity contribution in [3.63, 3.8) is 0 Å². The van der Waals surface area contributed by atoms with E-state index < -0.39 is 0 Å². The highest BCUT2D eigenvalue weighted by Crippen LogP contribution is 2.50. The standard InChI is InChI=1S/C18H12FNS/c19-13-6-5-7-14(12-13)20-15-8-1-3-10-17(15)21-18-11-4-2-9-16(18)20/h1-12H. The number of benzene rings is 3. The topological polar surface area (TPSA) is 3.24 Å². The van der Waals surface area contributed by atoms with Gasteiger partial charge in [0.1, 0.15) is 5.82 Å². The second-order valence-electron chi connectivity index (χ2n) is 4.85. The van der Waals surface area contributed by atoms with Crippen molar-refractivity contribution in [2.24, 2.45) is 0 Å². The zero-order chi connectivity index (χ0) is 14.2. The molecule has 0 fully saturated rings. The maximum absolute atomic E-state index is 13.6. The largest absolute Gasteiger partial charge is 0.308 e. The van der Waals surface area contributed by atoms with E-state index in [9.17, 15) is 4.39 Å². The van der Waals surface area contributed by atoms with Gasteiger partial charge in [0.25, 0.3) is 0 Å². The Bertz CT molecular complexity index is 770. The van der Waals surface area contributed by atoms with Gasteiger partial charge < -0.3 is 4.90 Å². The molecule has 0 aliphatic carbocycles. The van der Waals surface area contributed by atoms with Crippen LogP contribution in [0.2, 0.25) is 0 Å². The number of rotatable bonds is 1. The lowest BCUT2D eigenvalue weighted by Gasteiger charge is -2.32. The van der Waals surface area contributed by atoms with Gasteiger partial charge in [-0.25, -0.2) is 4.39 Å². The normalized spacial score (nSPS) is 12.7. The lowest BCUT2D eigenvalue weighted by Crippen LogP contribution is -2.14. The molecule has 0 unspecified atom stereocenters. The molecule has 3 heteroatoms. The summed E-state index contributed by atoms with van der Waals surface area (Å²) in [4.78, 5) is 4.48. The fourth-order valence-corrected chi connectivity index (χ4v) is 3.66. The highest BCUT2D eigenvalue weighted by Gasteiger charge is 2.24. The first-order valence-electron chi connectivity index (χ1n) is 6.74. The molecular formula is C18H12FNS. The van der Waals surface area contributed by atoms with E-state index in [0.29, 0.717) is 0 Å². The Labute approximate surface area is 127 Å². The summed E-state index contributed by atoms with van der Waals surface area (Å²) < 4.78 is 13.6. The van der Waals surface area contributed by atoms with Crippen LogP contribution in [0.15, 0.2) is 82.6 Å². The lowest BCUT2D eigenvalue weighted by atomic mass is 10.2. The highest BCUT2D eigenvalue weighted by molar-refractivity contribution is 7.99. The molecule has 3 aromatic carbocycles. The van der Waals surface area contributed by atoms with Crippen LogP contribution in [0.5, 0.6) is 0 Å². The van der Waals surface area contributed by atoms with E-state index in [-0.39, 0.29) is 5.82 Å². The molecule has 1 nitrogen and oxygen atoms in total. The van der Waals surface area contributed by atoms with Crippen LogP contribution in [0.4, 0.5) is 21.5 Å². The van der Waals surface area contributed by atoms with Gasteiger partial charge in [-0.1, -0.05) is 42.1 Å². The maximum atomic E-state index is 13.6. The molecule has 0 N–H and O–H groups in total. The monoisotopic (exact) mass is 293 g/mol. The molecule has 0 spiro atoms. The van der Waals surface area contributed by atoms with Gasteiger partial charge in [0, 0.05) is 15.5 Å². The summed E-state index contributed by atoms with van der Waals surface area (Å²) in [6, 6.07) is 23.2. The average Bonchev–Trinajstić information content (AvgIpc) is 2.52. The van der Waals surface area contributed by atoms with Crippen LogP contribution in [-0.4, -0.2) is 0 Å². The molecule has 1 aliphatic rings. The van der Waals surface area contributed by atoms with Gasteiger partial charge >= 0.3 is 0 Å². The van der Waals surface area contributed by atoms with Gasteiger partial charge in [-0.2, -0.15) is 0 Å². The summed E-state index contributed by atoms with van der Waals surface area (Å²) >= 11 is 1.75. The van der Waals surface area contributed by atoms with Crippen molar-refractivity contribution in [2.75, 3.05) is 4.90 Å². The first-order valence-corrected chi connectivity index (χ1v) is 7.56. The molecule has 102 valence electrons. The van der Waals surface area contributed by atoms with Crippen LogP contribution in [-0.2, 0) is 0 Å². The summed E-state index contributed by atoms with van der Waals surface area (Å²) in [7, 11) is 0. The van der Waals surface area contributed by atoms with Crippen LogP contribution in [0.25, 0.3) is 0 Å². The molecule has 4 rings (SSSR count). The zero-order valence-electron chi connectivity index (χ0n) is 11.2. The number of hydrogen-bond acceptors (Lipinski definition) is 2. The number of para-hydroxylation sites is 2. The molecule has 1 heterocycles. The SMILES string of the molecule is Fc1cccc(N2c3ccccc3Sc3ccccc32)c1. The molecule has 1 aliphatic heterocycles. The van der Waals surface area contributed by atoms with E-state index in [1.54, 1.807) is 23.9 Å². The van der Waals surface area contributed by atoms with Crippen LogP contribution in [0.1, 0.15) is 0 Å². The Balaban J connectivity index is 1.97. The van der Waals surface area contributed by atoms with Crippen molar-refractivity contribution in [1.82, 2.24) is 0 Å². The quantitative estimate of drug-likeness (QED) is 0.439. The Hall–Kier alpha value is -2.26. The predicted molar refractivity (Wildman–Crippen MR) is 85.2 cm³/mol. The fraction of sp³-hybridized carbons (Fsp3) is 0. The van der Waals surface area contributed by atoms with E-state index in [2.05, 4.69) is 29.2 Å².